The Morgan fingerprint density at radius 3 is 2.28 bits per heavy atom. The summed E-state index contributed by atoms with van der Waals surface area (Å²) < 4.78 is 9.85. The lowest BCUT2D eigenvalue weighted by atomic mass is 10.2. The molecule has 1 aliphatic heterocycles. The van der Waals surface area contributed by atoms with E-state index >= 15 is 0 Å². The number of pyridine rings is 1. The summed E-state index contributed by atoms with van der Waals surface area (Å²) in [6, 6.07) is 12.2. The molecular formula is C21H26N6OS. The second-order valence-corrected chi connectivity index (χ2v) is 7.65. The van der Waals surface area contributed by atoms with Crippen LogP contribution in [0.25, 0.3) is 11.4 Å². The Bertz CT molecular complexity index is 990. The molecule has 8 heteroatoms. The molecule has 152 valence electrons. The molecular weight excluding hydrogens is 384 g/mol. The van der Waals surface area contributed by atoms with E-state index in [4.69, 9.17) is 22.1 Å². The SMILES string of the molecule is COc1ccc(CN2CCN(Cn3nc(-c4ccncc4)n(C)c3=S)CC2)cc1. The summed E-state index contributed by atoms with van der Waals surface area (Å²) in [6.45, 7) is 5.74. The summed E-state index contributed by atoms with van der Waals surface area (Å²) in [5.41, 5.74) is 2.34. The maximum atomic E-state index is 5.61. The molecule has 0 N–H and O–H groups in total. The third kappa shape index (κ3) is 4.55. The molecule has 0 amide bonds. The minimum Gasteiger partial charge on any atom is -0.497 e. The van der Waals surface area contributed by atoms with Crippen LogP contribution in [0.5, 0.6) is 5.75 Å². The van der Waals surface area contributed by atoms with Gasteiger partial charge in [-0.1, -0.05) is 12.1 Å². The molecule has 1 aromatic carbocycles. The van der Waals surface area contributed by atoms with Crippen LogP contribution in [-0.4, -0.2) is 62.4 Å². The van der Waals surface area contributed by atoms with Crippen LogP contribution in [0.2, 0.25) is 0 Å². The van der Waals surface area contributed by atoms with Crippen molar-refractivity contribution < 1.29 is 4.74 Å². The largest absolute Gasteiger partial charge is 0.497 e. The molecule has 0 spiro atoms. The van der Waals surface area contributed by atoms with Crippen LogP contribution in [-0.2, 0) is 20.3 Å². The van der Waals surface area contributed by atoms with Gasteiger partial charge in [-0.25, -0.2) is 4.68 Å². The molecule has 3 heterocycles. The van der Waals surface area contributed by atoms with Crippen molar-refractivity contribution in [2.45, 2.75) is 13.2 Å². The fourth-order valence-electron chi connectivity index (χ4n) is 3.60. The number of methoxy groups -OCH3 is 1. The maximum Gasteiger partial charge on any atom is 0.199 e. The molecule has 2 aromatic heterocycles. The Balaban J connectivity index is 1.35. The Morgan fingerprint density at radius 1 is 0.966 bits per heavy atom. The predicted octanol–water partition coefficient (Wildman–Crippen LogP) is 2.80. The van der Waals surface area contributed by atoms with Gasteiger partial charge in [0.1, 0.15) is 5.75 Å². The van der Waals surface area contributed by atoms with Crippen LogP contribution in [0.15, 0.2) is 48.8 Å². The number of hydrogen-bond donors (Lipinski definition) is 0. The highest BCUT2D eigenvalue weighted by molar-refractivity contribution is 7.71. The monoisotopic (exact) mass is 410 g/mol. The van der Waals surface area contributed by atoms with Gasteiger partial charge in [0.15, 0.2) is 10.6 Å². The Kier molecular flexibility index (Phi) is 6.03. The van der Waals surface area contributed by atoms with E-state index in [2.05, 4.69) is 26.9 Å². The second kappa shape index (κ2) is 8.86. The van der Waals surface area contributed by atoms with Crippen molar-refractivity contribution >= 4 is 12.2 Å². The van der Waals surface area contributed by atoms with E-state index in [-0.39, 0.29) is 0 Å². The zero-order chi connectivity index (χ0) is 20.2. The number of aromatic nitrogens is 4. The zero-order valence-corrected chi connectivity index (χ0v) is 17.7. The minimum absolute atomic E-state index is 0.716. The van der Waals surface area contributed by atoms with Gasteiger partial charge in [0.25, 0.3) is 0 Å². The lowest BCUT2D eigenvalue weighted by molar-refractivity contribution is 0.0981. The standard InChI is InChI=1S/C21H26N6OS/c1-24-20(18-7-9-22-10-8-18)23-27(21(24)29)16-26-13-11-25(12-14-26)15-17-3-5-19(28-2)6-4-17/h3-10H,11-16H2,1-2H3. The summed E-state index contributed by atoms with van der Waals surface area (Å²) in [6.07, 6.45) is 3.55. The summed E-state index contributed by atoms with van der Waals surface area (Å²) >= 11 is 5.61. The van der Waals surface area contributed by atoms with Gasteiger partial charge >= 0.3 is 0 Å². The van der Waals surface area contributed by atoms with Gasteiger partial charge in [0.2, 0.25) is 0 Å². The number of piperazine rings is 1. The molecule has 0 aliphatic carbocycles. The molecule has 1 fully saturated rings. The normalized spacial score (nSPS) is 15.5. The van der Waals surface area contributed by atoms with Crippen LogP contribution >= 0.6 is 12.2 Å². The molecule has 0 saturated carbocycles. The van der Waals surface area contributed by atoms with Gasteiger partial charge < -0.3 is 9.30 Å². The average molecular weight is 411 g/mol. The Labute approximate surface area is 176 Å². The summed E-state index contributed by atoms with van der Waals surface area (Å²) in [5.74, 6) is 1.77. The van der Waals surface area contributed by atoms with E-state index in [9.17, 15) is 0 Å². The number of rotatable bonds is 6. The van der Waals surface area contributed by atoms with Gasteiger partial charge in [-0.05, 0) is 42.0 Å². The van der Waals surface area contributed by atoms with Crippen LogP contribution in [0.3, 0.4) is 0 Å². The van der Waals surface area contributed by atoms with Crippen molar-refractivity contribution in [1.29, 1.82) is 0 Å². The molecule has 1 saturated heterocycles. The highest BCUT2D eigenvalue weighted by Gasteiger charge is 2.19. The molecule has 0 atom stereocenters. The Morgan fingerprint density at radius 2 is 1.62 bits per heavy atom. The predicted molar refractivity (Wildman–Crippen MR) is 115 cm³/mol. The minimum atomic E-state index is 0.716. The van der Waals surface area contributed by atoms with Crippen LogP contribution in [0.4, 0.5) is 0 Å². The highest BCUT2D eigenvalue weighted by atomic mass is 32.1. The molecule has 29 heavy (non-hydrogen) atoms. The molecule has 3 aromatic rings. The van der Waals surface area contributed by atoms with Crippen LogP contribution < -0.4 is 4.74 Å². The fraction of sp³-hybridized carbons (Fsp3) is 0.381. The first-order valence-corrected chi connectivity index (χ1v) is 10.2. The average Bonchev–Trinajstić information content (AvgIpc) is 3.05. The van der Waals surface area contributed by atoms with E-state index in [1.165, 1.54) is 5.56 Å². The van der Waals surface area contributed by atoms with E-state index < -0.39 is 0 Å². The quantitative estimate of drug-likeness (QED) is 0.583. The van der Waals surface area contributed by atoms with E-state index in [1.807, 2.05) is 40.6 Å². The van der Waals surface area contributed by atoms with Crippen molar-refractivity contribution in [1.82, 2.24) is 29.1 Å². The highest BCUT2D eigenvalue weighted by Crippen LogP contribution is 2.17. The summed E-state index contributed by atoms with van der Waals surface area (Å²) in [4.78, 5) is 8.97. The first-order valence-electron chi connectivity index (χ1n) is 9.76. The second-order valence-electron chi connectivity index (χ2n) is 7.28. The third-order valence-electron chi connectivity index (χ3n) is 5.34. The maximum absolute atomic E-state index is 5.61. The van der Waals surface area contributed by atoms with Gasteiger partial charge in [-0.2, -0.15) is 5.10 Å². The van der Waals surface area contributed by atoms with Crippen molar-refractivity contribution in [3.05, 3.63) is 59.1 Å². The number of ether oxygens (including phenoxy) is 1. The van der Waals surface area contributed by atoms with E-state index in [0.717, 1.165) is 54.6 Å². The Hall–Kier alpha value is -2.55. The molecule has 7 nitrogen and oxygen atoms in total. The lowest BCUT2D eigenvalue weighted by Gasteiger charge is -2.34. The molecule has 0 radical (unpaired) electrons. The first kappa shape index (κ1) is 19.8. The number of benzene rings is 1. The molecule has 0 unspecified atom stereocenters. The number of hydrogen-bond acceptors (Lipinski definition) is 6. The van der Waals surface area contributed by atoms with Crippen molar-refractivity contribution in [3.8, 4) is 17.1 Å². The van der Waals surface area contributed by atoms with Crippen LogP contribution in [0.1, 0.15) is 5.56 Å². The van der Waals surface area contributed by atoms with Gasteiger partial charge in [0.05, 0.1) is 13.8 Å². The van der Waals surface area contributed by atoms with Gasteiger partial charge in [0, 0.05) is 57.7 Å². The zero-order valence-electron chi connectivity index (χ0n) is 16.9. The van der Waals surface area contributed by atoms with Gasteiger partial charge in [-0.3, -0.25) is 14.8 Å². The molecule has 0 bridgehead atoms. The van der Waals surface area contributed by atoms with Crippen molar-refractivity contribution in [2.24, 2.45) is 7.05 Å². The van der Waals surface area contributed by atoms with E-state index in [1.54, 1.807) is 19.5 Å². The smallest absolute Gasteiger partial charge is 0.199 e. The van der Waals surface area contributed by atoms with Crippen molar-refractivity contribution in [2.75, 3.05) is 33.3 Å². The first-order chi connectivity index (χ1) is 14.1. The molecule has 4 rings (SSSR count). The molecule has 1 aliphatic rings. The third-order valence-corrected chi connectivity index (χ3v) is 5.83. The number of nitrogens with zero attached hydrogens (tertiary/aromatic N) is 6. The van der Waals surface area contributed by atoms with Crippen molar-refractivity contribution in [3.63, 3.8) is 0 Å². The van der Waals surface area contributed by atoms with E-state index in [0.29, 0.717) is 6.67 Å². The summed E-state index contributed by atoms with van der Waals surface area (Å²) in [7, 11) is 3.66. The fourth-order valence-corrected chi connectivity index (χ4v) is 3.78. The lowest BCUT2D eigenvalue weighted by Crippen LogP contribution is -2.46. The van der Waals surface area contributed by atoms with Gasteiger partial charge in [-0.15, -0.1) is 0 Å². The topological polar surface area (TPSA) is 51.4 Å². The van der Waals surface area contributed by atoms with Crippen LogP contribution in [0, 0.1) is 4.77 Å². The summed E-state index contributed by atoms with van der Waals surface area (Å²) in [5, 5.41) is 4.76.